The predicted molar refractivity (Wildman–Crippen MR) is 254 cm³/mol. The van der Waals surface area contributed by atoms with Crippen molar-refractivity contribution in [2.24, 2.45) is 11.3 Å². The average Bonchev–Trinajstić information content (AvgIpc) is 3.75. The molecule has 3 aromatic carbocycles. The maximum absolute atomic E-state index is 2.58. The van der Waals surface area contributed by atoms with Gasteiger partial charge in [0.05, 0.1) is 0 Å². The summed E-state index contributed by atoms with van der Waals surface area (Å²) in [6.07, 6.45) is 31.9. The first-order chi connectivity index (χ1) is 27.3. The number of hydrogen-bond donors (Lipinski definition) is 0. The van der Waals surface area contributed by atoms with Crippen LogP contribution >= 0.6 is 0 Å². The maximum Gasteiger partial charge on any atom is 0.0461 e. The van der Waals surface area contributed by atoms with Crippen molar-refractivity contribution in [1.82, 2.24) is 0 Å². The van der Waals surface area contributed by atoms with Crippen LogP contribution in [0.5, 0.6) is 0 Å². The fourth-order valence-corrected chi connectivity index (χ4v) is 9.43. The first kappa shape index (κ1) is 44.3. The Morgan fingerprint density at radius 3 is 1.95 bits per heavy atom. The topological polar surface area (TPSA) is 3.24 Å². The van der Waals surface area contributed by atoms with Crippen molar-refractivity contribution in [2.75, 3.05) is 4.90 Å². The average molecular weight is 764 g/mol. The molecule has 0 heterocycles. The smallest absolute Gasteiger partial charge is 0.0461 e. The minimum Gasteiger partial charge on any atom is -0.311 e. The molecule has 3 unspecified atom stereocenters. The van der Waals surface area contributed by atoms with Crippen LogP contribution in [0.4, 0.5) is 11.4 Å². The Labute approximate surface area is 350 Å². The molecule has 0 saturated carbocycles. The van der Waals surface area contributed by atoms with E-state index in [9.17, 15) is 0 Å². The number of benzene rings is 3. The molecular weight excluding hydrogens is 687 g/mol. The molecule has 5 rings (SSSR count). The first-order valence-corrected chi connectivity index (χ1v) is 22.9. The molecule has 0 fully saturated rings. The lowest BCUT2D eigenvalue weighted by molar-refractivity contribution is 0.282. The van der Waals surface area contributed by atoms with Crippen LogP contribution in [0.1, 0.15) is 187 Å². The lowest BCUT2D eigenvalue weighted by Gasteiger charge is -2.41. The summed E-state index contributed by atoms with van der Waals surface area (Å²) in [5, 5.41) is 0. The highest BCUT2D eigenvalue weighted by Crippen LogP contribution is 2.60. The van der Waals surface area contributed by atoms with Crippen LogP contribution in [0, 0.1) is 11.3 Å². The summed E-state index contributed by atoms with van der Waals surface area (Å²) in [6, 6.07) is 25.8. The summed E-state index contributed by atoms with van der Waals surface area (Å²) in [7, 11) is 0. The minimum atomic E-state index is 0.101. The summed E-state index contributed by atoms with van der Waals surface area (Å²) < 4.78 is 0. The second-order valence-corrected chi connectivity index (χ2v) is 19.4. The molecule has 0 amide bonds. The van der Waals surface area contributed by atoms with Crippen LogP contribution in [-0.2, 0) is 10.8 Å². The highest BCUT2D eigenvalue weighted by molar-refractivity contribution is 5.90. The Morgan fingerprint density at radius 1 is 0.754 bits per heavy atom. The van der Waals surface area contributed by atoms with E-state index >= 15 is 0 Å². The van der Waals surface area contributed by atoms with Crippen LogP contribution in [0.3, 0.4) is 0 Å². The van der Waals surface area contributed by atoms with Gasteiger partial charge in [-0.05, 0) is 118 Å². The Bertz CT molecular complexity index is 1900. The molecule has 0 aliphatic heterocycles. The van der Waals surface area contributed by atoms with Crippen molar-refractivity contribution in [3.63, 3.8) is 0 Å². The van der Waals surface area contributed by atoms with Crippen LogP contribution in [0.15, 0.2) is 114 Å². The van der Waals surface area contributed by atoms with Crippen molar-refractivity contribution < 1.29 is 0 Å². The molecule has 57 heavy (non-hydrogen) atoms. The fourth-order valence-electron chi connectivity index (χ4n) is 9.43. The number of nitrogens with zero attached hydrogens (tertiary/aromatic N) is 1. The third-order valence-electron chi connectivity index (χ3n) is 13.0. The van der Waals surface area contributed by atoms with Crippen LogP contribution < -0.4 is 4.90 Å². The molecule has 0 radical (unpaired) electrons. The molecule has 1 heteroatoms. The number of fused-ring (bicyclic) bond motifs is 2. The van der Waals surface area contributed by atoms with Gasteiger partial charge in [-0.2, -0.15) is 0 Å². The lowest BCUT2D eigenvalue weighted by Crippen LogP contribution is -2.34. The highest BCUT2D eigenvalue weighted by Gasteiger charge is 2.49. The van der Waals surface area contributed by atoms with Crippen molar-refractivity contribution in [1.29, 1.82) is 0 Å². The molecular formula is C56H77N. The van der Waals surface area contributed by atoms with Crippen molar-refractivity contribution in [3.05, 3.63) is 142 Å². The molecule has 0 saturated heterocycles. The van der Waals surface area contributed by atoms with Gasteiger partial charge in [-0.1, -0.05) is 200 Å². The van der Waals surface area contributed by atoms with Crippen molar-refractivity contribution >= 4 is 23.0 Å². The van der Waals surface area contributed by atoms with E-state index in [2.05, 4.69) is 190 Å². The summed E-state index contributed by atoms with van der Waals surface area (Å²) >= 11 is 0. The monoisotopic (exact) mass is 764 g/mol. The van der Waals surface area contributed by atoms with Gasteiger partial charge in [-0.15, -0.1) is 0 Å². The molecule has 2 aliphatic rings. The maximum atomic E-state index is 2.58. The third kappa shape index (κ3) is 10.4. The number of anilines is 2. The van der Waals surface area contributed by atoms with Gasteiger partial charge in [0.25, 0.3) is 0 Å². The van der Waals surface area contributed by atoms with Gasteiger partial charge in [-0.25, -0.2) is 0 Å². The molecule has 0 spiro atoms. The Kier molecular flexibility index (Phi) is 15.3. The summed E-state index contributed by atoms with van der Waals surface area (Å²) in [6.45, 7) is 25.6. The zero-order valence-electron chi connectivity index (χ0n) is 38.0. The number of rotatable bonds is 19. The Balaban J connectivity index is 1.55. The van der Waals surface area contributed by atoms with E-state index in [1.54, 1.807) is 11.1 Å². The third-order valence-corrected chi connectivity index (χ3v) is 13.0. The lowest BCUT2D eigenvalue weighted by atomic mass is 9.62. The van der Waals surface area contributed by atoms with Crippen LogP contribution in [0.2, 0.25) is 0 Å². The summed E-state index contributed by atoms with van der Waals surface area (Å²) in [5.74, 6) is 1.02. The number of allylic oxidation sites excluding steroid dienone is 8. The normalized spacial score (nSPS) is 18.9. The Morgan fingerprint density at radius 2 is 1.35 bits per heavy atom. The molecule has 0 N–H and O–H groups in total. The second kappa shape index (κ2) is 19.7. The van der Waals surface area contributed by atoms with E-state index in [-0.39, 0.29) is 16.2 Å². The van der Waals surface area contributed by atoms with Gasteiger partial charge < -0.3 is 4.90 Å². The first-order valence-electron chi connectivity index (χ1n) is 22.9. The van der Waals surface area contributed by atoms with Crippen LogP contribution in [0.25, 0.3) is 11.6 Å². The van der Waals surface area contributed by atoms with E-state index in [0.717, 1.165) is 12.1 Å². The SMILES string of the molecule is C\C=C/C(=C\C=C\c1ccc2c(c1)C(CCCCC)(CCCCCCCC)C1=C2C=CC1C(C)(C)C)N(c1ccc(C(C)CC)cc1)c1ccc(C(C)(C)C)cc1. The Hall–Kier alpha value is -3.84. The number of hydrogen-bond acceptors (Lipinski definition) is 1. The van der Waals surface area contributed by atoms with E-state index < -0.39 is 0 Å². The van der Waals surface area contributed by atoms with Crippen molar-refractivity contribution in [2.45, 2.75) is 170 Å². The largest absolute Gasteiger partial charge is 0.311 e. The van der Waals surface area contributed by atoms with Crippen molar-refractivity contribution in [3.8, 4) is 0 Å². The summed E-state index contributed by atoms with van der Waals surface area (Å²) in [4.78, 5) is 2.41. The second-order valence-electron chi connectivity index (χ2n) is 19.4. The van der Waals surface area contributed by atoms with Gasteiger partial charge in [0.15, 0.2) is 0 Å². The van der Waals surface area contributed by atoms with E-state index in [1.165, 1.54) is 110 Å². The van der Waals surface area contributed by atoms with Gasteiger partial charge in [0.1, 0.15) is 0 Å². The molecule has 3 atom stereocenters. The molecule has 1 nitrogen and oxygen atoms in total. The van der Waals surface area contributed by atoms with E-state index in [0.29, 0.717) is 11.8 Å². The molecule has 3 aromatic rings. The predicted octanol–water partition coefficient (Wildman–Crippen LogP) is 17.4. The molecule has 2 aliphatic carbocycles. The minimum absolute atomic E-state index is 0.101. The molecule has 306 valence electrons. The quantitative estimate of drug-likeness (QED) is 0.0868. The molecule has 0 bridgehead atoms. The van der Waals surface area contributed by atoms with E-state index in [4.69, 9.17) is 0 Å². The van der Waals surface area contributed by atoms with E-state index in [1.807, 2.05) is 0 Å². The van der Waals surface area contributed by atoms with Gasteiger partial charge in [0, 0.05) is 28.4 Å². The standard InChI is InChI=1S/C56H77N/c1-12-16-18-19-20-22-40-56(39-21-17-13-2)52-41-43(27-36-49(52)50-37-38-51(53(50)56)55(9,10)11)25-23-26-46(24-14-3)57(47-32-28-44(29-33-47)42(5)15-4)48-34-30-45(31-35-48)54(6,7)8/h14,23-38,41-42,51H,12-13,15-22,39-40H2,1-11H3/b24-14-,25-23+,46-26+. The van der Waals surface area contributed by atoms with Gasteiger partial charge in [-0.3, -0.25) is 0 Å². The number of unbranched alkanes of at least 4 members (excludes halogenated alkanes) is 7. The van der Waals surface area contributed by atoms with Gasteiger partial charge >= 0.3 is 0 Å². The zero-order valence-corrected chi connectivity index (χ0v) is 38.0. The van der Waals surface area contributed by atoms with Crippen LogP contribution in [-0.4, -0.2) is 0 Å². The zero-order chi connectivity index (χ0) is 41.2. The highest BCUT2D eigenvalue weighted by atomic mass is 15.1. The fraction of sp³-hybridized carbons (Fsp3) is 0.500. The molecule has 0 aromatic heterocycles. The van der Waals surface area contributed by atoms with Gasteiger partial charge in [0.2, 0.25) is 0 Å². The summed E-state index contributed by atoms with van der Waals surface area (Å²) in [5.41, 5.74) is 14.3.